The third kappa shape index (κ3) is 11.3. The van der Waals surface area contributed by atoms with E-state index in [1.165, 1.54) is 29.2 Å². The number of rotatable bonds is 17. The number of carboxylic acid groups (broad SMARTS) is 1. The number of aromatic nitrogens is 1. The molecule has 3 heterocycles. The summed E-state index contributed by atoms with van der Waals surface area (Å²) in [5.74, 6) is -1.20. The monoisotopic (exact) mass is 962 g/mol. The second-order valence-electron chi connectivity index (χ2n) is 18.1. The van der Waals surface area contributed by atoms with E-state index < -0.39 is 27.6 Å². The van der Waals surface area contributed by atoms with Gasteiger partial charge in [0.25, 0.3) is 10.0 Å². The number of nitrogens with one attached hydrogen (secondary N) is 2. The largest absolute Gasteiger partial charge is 0.478 e. The van der Waals surface area contributed by atoms with E-state index in [9.17, 15) is 27.8 Å². The van der Waals surface area contributed by atoms with Crippen LogP contribution in [0.15, 0.2) is 125 Å². The molecule has 0 amide bonds. The number of halogens is 2. The highest BCUT2D eigenvalue weighted by atomic mass is 32.2. The highest BCUT2D eigenvalue weighted by Gasteiger charge is 2.30. The van der Waals surface area contributed by atoms with Crippen LogP contribution in [0.25, 0.3) is 22.4 Å². The molecule has 11 nitrogen and oxygen atoms in total. The van der Waals surface area contributed by atoms with Gasteiger partial charge < -0.3 is 34.8 Å². The summed E-state index contributed by atoms with van der Waals surface area (Å²) in [6.07, 6.45) is 2.28. The van der Waals surface area contributed by atoms with Crippen molar-refractivity contribution in [3.05, 3.63) is 144 Å². The molecule has 68 heavy (non-hydrogen) atoms. The molecule has 2 aliphatic rings. The molecule has 2 fully saturated rings. The Labute approximate surface area is 402 Å². The normalized spacial score (nSPS) is 15.5. The van der Waals surface area contributed by atoms with Gasteiger partial charge in [-0.2, -0.15) is 0 Å². The number of hydrogen-bond acceptors (Lipinski definition) is 9. The molecular formula is C53H60F2N6O5S2. The summed E-state index contributed by atoms with van der Waals surface area (Å²) in [6.45, 7) is 12.6. The maximum Gasteiger partial charge on any atom is 0.338 e. The summed E-state index contributed by atoms with van der Waals surface area (Å²) in [5, 5.41) is 24.2. The van der Waals surface area contributed by atoms with Crippen molar-refractivity contribution in [2.45, 2.75) is 74.9 Å². The number of thioether (sulfide) groups is 1. The van der Waals surface area contributed by atoms with Crippen LogP contribution in [0.4, 0.5) is 31.5 Å². The molecule has 8 rings (SSSR count). The number of benzene rings is 5. The van der Waals surface area contributed by atoms with E-state index in [1.54, 1.807) is 55.1 Å². The highest BCUT2D eigenvalue weighted by molar-refractivity contribution is 7.99. The number of aliphatic hydroxyl groups is 1. The van der Waals surface area contributed by atoms with Crippen LogP contribution in [0.1, 0.15) is 60.8 Å². The first-order valence-corrected chi connectivity index (χ1v) is 25.7. The predicted octanol–water partition coefficient (Wildman–Crippen LogP) is 10.5. The number of likely N-dealkylation sites (tertiary alicyclic amines) is 1. The van der Waals surface area contributed by atoms with Gasteiger partial charge in [-0.1, -0.05) is 18.2 Å². The number of aromatic carboxylic acids is 1. The Kier molecular flexibility index (Phi) is 15.1. The van der Waals surface area contributed by atoms with E-state index in [-0.39, 0.29) is 28.6 Å². The number of aliphatic hydroxyl groups excluding tert-OH is 1. The fourth-order valence-electron chi connectivity index (χ4n) is 9.44. The number of sulfonamides is 1. The molecular weight excluding hydrogens is 903 g/mol. The first kappa shape index (κ1) is 48.6. The summed E-state index contributed by atoms with van der Waals surface area (Å²) in [4.78, 5) is 20.9. The molecule has 0 aliphatic carbocycles. The molecule has 1 aromatic heterocycles. The maximum atomic E-state index is 15.6. The lowest BCUT2D eigenvalue weighted by Crippen LogP contribution is -2.46. The third-order valence-electron chi connectivity index (χ3n) is 13.0. The molecule has 0 spiro atoms. The van der Waals surface area contributed by atoms with Crippen LogP contribution in [0.3, 0.4) is 0 Å². The predicted molar refractivity (Wildman–Crippen MR) is 271 cm³/mol. The summed E-state index contributed by atoms with van der Waals surface area (Å²) < 4.78 is 61.7. The van der Waals surface area contributed by atoms with Crippen molar-refractivity contribution in [3.63, 3.8) is 0 Å². The van der Waals surface area contributed by atoms with Gasteiger partial charge in [0.15, 0.2) is 0 Å². The van der Waals surface area contributed by atoms with Crippen LogP contribution < -0.4 is 19.8 Å². The van der Waals surface area contributed by atoms with Crippen molar-refractivity contribution in [3.8, 4) is 22.4 Å². The van der Waals surface area contributed by atoms with E-state index in [0.717, 1.165) is 61.6 Å². The summed E-state index contributed by atoms with van der Waals surface area (Å²) in [5.41, 5.74) is 6.31. The number of carbonyl (C=O) groups is 1. The number of piperidine rings is 1. The molecule has 4 N–H and O–H groups in total. The minimum atomic E-state index is -3.90. The first-order chi connectivity index (χ1) is 32.6. The highest BCUT2D eigenvalue weighted by Crippen LogP contribution is 2.43. The van der Waals surface area contributed by atoms with Gasteiger partial charge in [0.05, 0.1) is 22.3 Å². The Morgan fingerprint density at radius 2 is 1.44 bits per heavy atom. The Morgan fingerprint density at radius 3 is 2.07 bits per heavy atom. The van der Waals surface area contributed by atoms with Crippen molar-refractivity contribution >= 4 is 50.5 Å². The number of nitrogens with zero attached hydrogens (tertiary/aromatic N) is 4. The smallest absolute Gasteiger partial charge is 0.338 e. The van der Waals surface area contributed by atoms with E-state index >= 15 is 4.39 Å². The minimum Gasteiger partial charge on any atom is -0.478 e. The molecule has 358 valence electrons. The summed E-state index contributed by atoms with van der Waals surface area (Å²) in [6, 6.07) is 33.3. The molecule has 2 saturated heterocycles. The van der Waals surface area contributed by atoms with Crippen molar-refractivity contribution < 1.29 is 32.2 Å². The number of piperazine rings is 1. The first-order valence-electron chi connectivity index (χ1n) is 23.3. The van der Waals surface area contributed by atoms with Gasteiger partial charge in [0, 0.05) is 103 Å². The van der Waals surface area contributed by atoms with E-state index in [0.29, 0.717) is 65.6 Å². The summed E-state index contributed by atoms with van der Waals surface area (Å²) in [7, 11) is -3.90. The standard InChI is InChI=1S/C53H60F2N6O5S2/c1-35(2)61-37(4)50(53(63)64)51(52(61)38-10-12-40(54)13-11-38)39-31-41(55)33-45(32-39)60-28-26-59(27-29-60)44-16-14-42(15-17-44)57-68(65,66)48-18-19-49(36(3)30-48)56-43(34-67-47-8-6-5-7-9-47)20-23-58-24-21-46(62)22-25-58/h5-19,30-33,35,43,46,56-57,62H,20-29,34H2,1-4H3,(H,63,64)/t43-/m1/s1. The Balaban J connectivity index is 0.917. The van der Waals surface area contributed by atoms with Crippen LogP contribution >= 0.6 is 11.8 Å². The minimum absolute atomic E-state index is 0.0756. The molecule has 6 aromatic rings. The average Bonchev–Trinajstić information content (AvgIpc) is 3.64. The van der Waals surface area contributed by atoms with Gasteiger partial charge >= 0.3 is 5.97 Å². The number of carboxylic acids is 1. The number of hydrogen-bond donors (Lipinski definition) is 4. The lowest BCUT2D eigenvalue weighted by molar-refractivity contribution is 0.0696. The van der Waals surface area contributed by atoms with Crippen LogP contribution in [-0.2, 0) is 10.0 Å². The van der Waals surface area contributed by atoms with E-state index in [1.807, 2.05) is 67.8 Å². The number of aryl methyl sites for hydroxylation is 1. The van der Waals surface area contributed by atoms with Crippen molar-refractivity contribution in [2.24, 2.45) is 0 Å². The molecule has 0 radical (unpaired) electrons. The van der Waals surface area contributed by atoms with Gasteiger partial charge in [-0.15, -0.1) is 11.8 Å². The van der Waals surface area contributed by atoms with Gasteiger partial charge in [-0.25, -0.2) is 22.0 Å². The third-order valence-corrected chi connectivity index (χ3v) is 15.6. The second kappa shape index (κ2) is 21.2. The Morgan fingerprint density at radius 1 is 0.779 bits per heavy atom. The SMILES string of the molecule is Cc1cc(S(=O)(=O)Nc2ccc(N3CCN(c4cc(F)cc(-c5c(C(=O)O)c(C)n(C(C)C)c5-c5ccc(F)cc5)c4)CC3)cc2)ccc1N[C@H](CCN1CCC(O)CC1)CSc1ccccc1. The molecule has 2 aliphatic heterocycles. The quantitative estimate of drug-likeness (QED) is 0.0656. The van der Waals surface area contributed by atoms with Gasteiger partial charge in [0.1, 0.15) is 11.6 Å². The maximum absolute atomic E-state index is 15.6. The fourth-order valence-corrected chi connectivity index (χ4v) is 11.6. The lowest BCUT2D eigenvalue weighted by Gasteiger charge is -2.37. The van der Waals surface area contributed by atoms with E-state index in [2.05, 4.69) is 36.9 Å². The zero-order chi connectivity index (χ0) is 48.1. The van der Waals surface area contributed by atoms with Crippen molar-refractivity contribution in [2.75, 3.05) is 71.4 Å². The average molecular weight is 963 g/mol. The van der Waals surface area contributed by atoms with Crippen molar-refractivity contribution in [1.82, 2.24) is 9.47 Å². The van der Waals surface area contributed by atoms with Crippen LogP contribution in [0.5, 0.6) is 0 Å². The zero-order valence-electron chi connectivity index (χ0n) is 39.0. The van der Waals surface area contributed by atoms with Gasteiger partial charge in [-0.3, -0.25) is 4.72 Å². The van der Waals surface area contributed by atoms with E-state index in [4.69, 9.17) is 0 Å². The van der Waals surface area contributed by atoms with Crippen LogP contribution in [0, 0.1) is 25.5 Å². The van der Waals surface area contributed by atoms with Crippen molar-refractivity contribution in [1.29, 1.82) is 0 Å². The molecule has 0 saturated carbocycles. The molecule has 0 bridgehead atoms. The topological polar surface area (TPSA) is 130 Å². The molecule has 1 atom stereocenters. The van der Waals surface area contributed by atoms with Crippen LogP contribution in [-0.4, -0.2) is 97.8 Å². The number of anilines is 4. The lowest BCUT2D eigenvalue weighted by atomic mass is 9.96. The Hall–Kier alpha value is -5.87. The molecule has 5 aromatic carbocycles. The van der Waals surface area contributed by atoms with Crippen LogP contribution in [0.2, 0.25) is 0 Å². The Bertz CT molecular complexity index is 2810. The summed E-state index contributed by atoms with van der Waals surface area (Å²) >= 11 is 1.79. The second-order valence-corrected chi connectivity index (χ2v) is 20.9. The van der Waals surface area contributed by atoms with Gasteiger partial charge in [-0.05, 0) is 161 Å². The zero-order valence-corrected chi connectivity index (χ0v) is 40.6. The molecule has 15 heteroatoms. The van der Waals surface area contributed by atoms with Gasteiger partial charge in [0.2, 0.25) is 0 Å². The molecule has 0 unspecified atom stereocenters. The fraction of sp³-hybridized carbons (Fsp3) is 0.340.